The van der Waals surface area contributed by atoms with Crippen molar-refractivity contribution in [3.05, 3.63) is 45.5 Å². The van der Waals surface area contributed by atoms with E-state index in [-0.39, 0.29) is 16.7 Å². The average Bonchev–Trinajstić information content (AvgIpc) is 2.77. The van der Waals surface area contributed by atoms with Gasteiger partial charge < -0.3 is 0 Å². The van der Waals surface area contributed by atoms with Gasteiger partial charge in [0.2, 0.25) is 0 Å². The fourth-order valence-corrected chi connectivity index (χ4v) is 2.15. The molecule has 108 valence electrons. The molecule has 2 rings (SSSR count). The number of nitrogens with one attached hydrogen (secondary N) is 1. The predicted octanol–water partition coefficient (Wildman–Crippen LogP) is 2.78. The third-order valence-corrected chi connectivity index (χ3v) is 3.27. The molecule has 20 heavy (non-hydrogen) atoms. The molecule has 1 N–H and O–H groups in total. The van der Waals surface area contributed by atoms with Crippen LogP contribution in [0.3, 0.4) is 0 Å². The zero-order valence-corrected chi connectivity index (χ0v) is 12.9. The minimum Gasteiger partial charge on any atom is -0.258 e. The summed E-state index contributed by atoms with van der Waals surface area (Å²) in [5, 5.41) is 13.3. The first kappa shape index (κ1) is 15.0. The van der Waals surface area contributed by atoms with Crippen molar-refractivity contribution in [2.75, 3.05) is 11.9 Å². The van der Waals surface area contributed by atoms with Crippen molar-refractivity contribution in [1.29, 1.82) is 0 Å². The summed E-state index contributed by atoms with van der Waals surface area (Å²) in [7, 11) is 0. The van der Waals surface area contributed by atoms with Crippen molar-refractivity contribution in [3.8, 4) is 0 Å². The van der Waals surface area contributed by atoms with E-state index in [1.165, 1.54) is 0 Å². The molecule has 0 amide bonds. The van der Waals surface area contributed by atoms with Crippen LogP contribution in [-0.4, -0.2) is 28.1 Å². The van der Waals surface area contributed by atoms with Crippen LogP contribution in [0.1, 0.15) is 18.1 Å². The summed E-state index contributed by atoms with van der Waals surface area (Å²) in [5.74, 6) is 0. The lowest BCUT2D eigenvalue weighted by molar-refractivity contribution is -0.385. The lowest BCUT2D eigenvalue weighted by atomic mass is 10.1. The SMILES string of the molecule is Cc1ccc(C2=CC(C)NN2OCCBr)cc1[N+](=O)[O-]. The number of hydrogen-bond acceptors (Lipinski definition) is 5. The molecule has 7 heteroatoms. The lowest BCUT2D eigenvalue weighted by Gasteiger charge is -2.22. The molecule has 0 aliphatic carbocycles. The maximum absolute atomic E-state index is 11.0. The van der Waals surface area contributed by atoms with E-state index in [1.807, 2.05) is 19.1 Å². The first-order valence-electron chi connectivity index (χ1n) is 6.25. The van der Waals surface area contributed by atoms with E-state index in [1.54, 1.807) is 24.2 Å². The number of alkyl halides is 1. The van der Waals surface area contributed by atoms with E-state index in [0.717, 1.165) is 11.3 Å². The minimum atomic E-state index is -0.366. The Labute approximate surface area is 125 Å². The molecule has 0 saturated heterocycles. The molecule has 0 spiro atoms. The van der Waals surface area contributed by atoms with Crippen LogP contribution in [0.2, 0.25) is 0 Å². The van der Waals surface area contributed by atoms with Crippen LogP contribution >= 0.6 is 15.9 Å². The van der Waals surface area contributed by atoms with E-state index in [9.17, 15) is 10.1 Å². The number of aryl methyl sites for hydroxylation is 1. The molecule has 0 aromatic heterocycles. The first-order valence-corrected chi connectivity index (χ1v) is 7.37. The number of nitro groups is 1. The summed E-state index contributed by atoms with van der Waals surface area (Å²) in [6, 6.07) is 5.30. The number of benzene rings is 1. The van der Waals surface area contributed by atoms with E-state index in [0.29, 0.717) is 17.5 Å². The van der Waals surface area contributed by atoms with Crippen LogP contribution in [0.25, 0.3) is 5.70 Å². The van der Waals surface area contributed by atoms with Gasteiger partial charge >= 0.3 is 0 Å². The molecule has 1 aromatic carbocycles. The zero-order chi connectivity index (χ0) is 14.7. The number of halogens is 1. The Bertz CT molecular complexity index is 548. The third-order valence-electron chi connectivity index (χ3n) is 2.95. The van der Waals surface area contributed by atoms with Gasteiger partial charge in [0.25, 0.3) is 5.69 Å². The highest BCUT2D eigenvalue weighted by Gasteiger charge is 2.24. The van der Waals surface area contributed by atoms with Crippen molar-refractivity contribution in [1.82, 2.24) is 10.6 Å². The number of hydrogen-bond donors (Lipinski definition) is 1. The summed E-state index contributed by atoms with van der Waals surface area (Å²) in [4.78, 5) is 16.2. The van der Waals surface area contributed by atoms with Crippen molar-refractivity contribution in [2.24, 2.45) is 0 Å². The third kappa shape index (κ3) is 3.17. The maximum Gasteiger partial charge on any atom is 0.272 e. The fourth-order valence-electron chi connectivity index (χ4n) is 2.01. The number of rotatable bonds is 5. The van der Waals surface area contributed by atoms with Crippen LogP contribution in [0.4, 0.5) is 5.69 Å². The van der Waals surface area contributed by atoms with Gasteiger partial charge in [-0.3, -0.25) is 15.0 Å². The number of hydroxylamine groups is 1. The van der Waals surface area contributed by atoms with Gasteiger partial charge in [0, 0.05) is 28.6 Å². The monoisotopic (exact) mass is 341 g/mol. The van der Waals surface area contributed by atoms with Gasteiger partial charge in [0.05, 0.1) is 17.2 Å². The number of hydrazine groups is 1. The van der Waals surface area contributed by atoms with E-state index < -0.39 is 0 Å². The maximum atomic E-state index is 11.0. The molecule has 1 aliphatic heterocycles. The van der Waals surface area contributed by atoms with Crippen molar-refractivity contribution >= 4 is 27.3 Å². The molecule has 1 aromatic rings. The van der Waals surface area contributed by atoms with Crippen molar-refractivity contribution in [3.63, 3.8) is 0 Å². The minimum absolute atomic E-state index is 0.112. The van der Waals surface area contributed by atoms with Gasteiger partial charge in [-0.05, 0) is 19.9 Å². The number of nitro benzene ring substituents is 1. The molecule has 0 bridgehead atoms. The second kappa shape index (κ2) is 6.34. The van der Waals surface area contributed by atoms with Crippen LogP contribution in [0.5, 0.6) is 0 Å². The molecule has 0 saturated carbocycles. The van der Waals surface area contributed by atoms with Crippen molar-refractivity contribution < 1.29 is 9.76 Å². The van der Waals surface area contributed by atoms with Crippen molar-refractivity contribution in [2.45, 2.75) is 19.9 Å². The molecular formula is C13H16BrN3O3. The highest BCUT2D eigenvalue weighted by atomic mass is 79.9. The molecule has 1 unspecified atom stereocenters. The molecular weight excluding hydrogens is 326 g/mol. The Hall–Kier alpha value is -1.44. The highest BCUT2D eigenvalue weighted by molar-refractivity contribution is 9.09. The predicted molar refractivity (Wildman–Crippen MR) is 80.0 cm³/mol. The molecule has 1 aliphatic rings. The van der Waals surface area contributed by atoms with Gasteiger partial charge in [-0.1, -0.05) is 28.1 Å². The highest BCUT2D eigenvalue weighted by Crippen LogP contribution is 2.28. The Morgan fingerprint density at radius 2 is 2.30 bits per heavy atom. The summed E-state index contributed by atoms with van der Waals surface area (Å²) < 4.78 is 0. The standard InChI is InChI=1S/C13H16BrN3O3/c1-9-3-4-11(8-12(9)17(18)19)13-7-10(2)15-16(13)20-6-5-14/h3-4,7-8,10,15H,5-6H2,1-2H3. The summed E-state index contributed by atoms with van der Waals surface area (Å²) in [5.41, 5.74) is 5.44. The molecule has 0 fully saturated rings. The van der Waals surface area contributed by atoms with E-state index >= 15 is 0 Å². The summed E-state index contributed by atoms with van der Waals surface area (Å²) in [6.45, 7) is 4.22. The molecule has 0 radical (unpaired) electrons. The normalized spacial score (nSPS) is 18.2. The summed E-state index contributed by atoms with van der Waals surface area (Å²) >= 11 is 3.30. The molecule has 1 heterocycles. The fraction of sp³-hybridized carbons (Fsp3) is 0.385. The van der Waals surface area contributed by atoms with Gasteiger partial charge in [-0.15, -0.1) is 0 Å². The zero-order valence-electron chi connectivity index (χ0n) is 11.3. The molecule has 6 nitrogen and oxygen atoms in total. The Kier molecular flexibility index (Phi) is 4.74. The van der Waals surface area contributed by atoms with Crippen LogP contribution in [0.15, 0.2) is 24.3 Å². The molecule has 1 atom stereocenters. The Morgan fingerprint density at radius 3 is 2.95 bits per heavy atom. The van der Waals surface area contributed by atoms with Gasteiger partial charge in [-0.2, -0.15) is 5.17 Å². The smallest absolute Gasteiger partial charge is 0.258 e. The Balaban J connectivity index is 2.31. The Morgan fingerprint density at radius 1 is 1.55 bits per heavy atom. The first-order chi connectivity index (χ1) is 9.52. The van der Waals surface area contributed by atoms with Crippen LogP contribution in [-0.2, 0) is 4.84 Å². The summed E-state index contributed by atoms with van der Waals surface area (Å²) in [6.07, 6.45) is 1.97. The van der Waals surface area contributed by atoms with Gasteiger partial charge in [-0.25, -0.2) is 5.43 Å². The second-order valence-corrected chi connectivity index (χ2v) is 5.34. The average molecular weight is 342 g/mol. The number of nitrogens with zero attached hydrogens (tertiary/aromatic N) is 2. The lowest BCUT2D eigenvalue weighted by Crippen LogP contribution is -2.35. The van der Waals surface area contributed by atoms with Crippen LogP contribution < -0.4 is 5.43 Å². The van der Waals surface area contributed by atoms with Crippen LogP contribution in [0, 0.1) is 17.0 Å². The van der Waals surface area contributed by atoms with Gasteiger partial charge in [0.15, 0.2) is 0 Å². The topological polar surface area (TPSA) is 67.6 Å². The second-order valence-electron chi connectivity index (χ2n) is 4.54. The largest absolute Gasteiger partial charge is 0.272 e. The van der Waals surface area contributed by atoms with E-state index in [2.05, 4.69) is 21.4 Å². The van der Waals surface area contributed by atoms with Gasteiger partial charge in [0.1, 0.15) is 0 Å². The quantitative estimate of drug-likeness (QED) is 0.506. The van der Waals surface area contributed by atoms with E-state index in [4.69, 9.17) is 4.84 Å².